The second-order valence-corrected chi connectivity index (χ2v) is 19.0. The topological polar surface area (TPSA) is 9.23 Å². The molecule has 2 heteroatoms. The van der Waals surface area contributed by atoms with Gasteiger partial charge in [0.1, 0.15) is 5.75 Å². The summed E-state index contributed by atoms with van der Waals surface area (Å²) in [6.07, 6.45) is 0.998. The summed E-state index contributed by atoms with van der Waals surface area (Å²) in [7, 11) is 1.27. The van der Waals surface area contributed by atoms with Crippen LogP contribution in [0.25, 0.3) is 11.1 Å². The summed E-state index contributed by atoms with van der Waals surface area (Å²) in [5.41, 5.74) is 14.7. The maximum atomic E-state index is 5.53. The molecule has 0 saturated carbocycles. The highest BCUT2D eigenvalue weighted by atomic mass is 31.1. The number of methoxy groups -OCH3 is 1. The molecule has 3 rings (SSSR count). The molecule has 0 radical (unpaired) electrons. The van der Waals surface area contributed by atoms with Crippen molar-refractivity contribution < 1.29 is 4.74 Å². The van der Waals surface area contributed by atoms with Crippen molar-refractivity contribution in [2.75, 3.05) is 7.11 Å². The molecular formula is C40H59OP. The van der Waals surface area contributed by atoms with Crippen molar-refractivity contribution in [1.82, 2.24) is 0 Å². The van der Waals surface area contributed by atoms with Crippen LogP contribution in [0.15, 0.2) is 36.4 Å². The lowest BCUT2D eigenvalue weighted by atomic mass is 9.78. The molecule has 1 atom stereocenters. The molecule has 3 aromatic carbocycles. The van der Waals surface area contributed by atoms with Crippen LogP contribution in [0.5, 0.6) is 5.75 Å². The highest BCUT2D eigenvalue weighted by Crippen LogP contribution is 2.61. The summed E-state index contributed by atoms with van der Waals surface area (Å²) in [5, 5.41) is 2.00. The normalized spacial score (nSPS) is 13.4. The van der Waals surface area contributed by atoms with Crippen molar-refractivity contribution in [3.8, 4) is 16.9 Å². The minimum absolute atomic E-state index is 0.183. The summed E-state index contributed by atoms with van der Waals surface area (Å²) in [6.45, 7) is 36.2. The van der Waals surface area contributed by atoms with E-state index in [1.807, 2.05) is 6.07 Å². The molecule has 1 unspecified atom stereocenters. The summed E-state index contributed by atoms with van der Waals surface area (Å²) < 4.78 is 5.53. The van der Waals surface area contributed by atoms with Gasteiger partial charge < -0.3 is 4.74 Å². The maximum Gasteiger partial charge on any atom is 0.119 e. The van der Waals surface area contributed by atoms with Crippen LogP contribution in [0.3, 0.4) is 0 Å². The molecule has 0 amide bonds. The van der Waals surface area contributed by atoms with Crippen LogP contribution >= 0.6 is 7.92 Å². The third-order valence-electron chi connectivity index (χ3n) is 9.18. The van der Waals surface area contributed by atoms with E-state index < -0.39 is 7.92 Å². The lowest BCUT2D eigenvalue weighted by molar-refractivity contribution is 0.414. The van der Waals surface area contributed by atoms with Crippen LogP contribution in [-0.2, 0) is 6.42 Å². The van der Waals surface area contributed by atoms with Crippen LogP contribution in [0.2, 0.25) is 0 Å². The predicted octanol–water partition coefficient (Wildman–Crippen LogP) is 11.9. The van der Waals surface area contributed by atoms with Gasteiger partial charge in [0, 0.05) is 0 Å². The Morgan fingerprint density at radius 1 is 0.667 bits per heavy atom. The number of benzene rings is 3. The van der Waals surface area contributed by atoms with Gasteiger partial charge in [0.15, 0.2) is 0 Å². The highest BCUT2D eigenvalue weighted by Gasteiger charge is 2.40. The molecule has 3 aromatic rings. The summed E-state index contributed by atoms with van der Waals surface area (Å²) >= 11 is 0. The zero-order valence-electron chi connectivity index (χ0n) is 29.8. The van der Waals surface area contributed by atoms with E-state index in [-0.39, 0.29) is 10.3 Å². The third-order valence-corrected chi connectivity index (χ3v) is 12.9. The average Bonchev–Trinajstić information content (AvgIpc) is 2.88. The molecule has 0 heterocycles. The van der Waals surface area contributed by atoms with Gasteiger partial charge in [-0.25, -0.2) is 0 Å². The zero-order chi connectivity index (χ0) is 31.9. The van der Waals surface area contributed by atoms with Crippen LogP contribution in [-0.4, -0.2) is 17.4 Å². The largest absolute Gasteiger partial charge is 0.497 e. The molecule has 0 aliphatic carbocycles. The maximum absolute atomic E-state index is 5.53. The Balaban J connectivity index is 2.43. The van der Waals surface area contributed by atoms with Gasteiger partial charge in [0.2, 0.25) is 0 Å². The smallest absolute Gasteiger partial charge is 0.119 e. The van der Waals surface area contributed by atoms with Gasteiger partial charge in [-0.05, 0) is 135 Å². The predicted molar refractivity (Wildman–Crippen MR) is 190 cm³/mol. The SMILES string of the molecule is COc1cccc(CC(C)c2cc(C(C)C)c(-c3c(C)c(C)c(C)c(C)c3P(C(C)(C)C)C(C)(C)C)c(C(C)C)c2)c1. The Bertz CT molecular complexity index is 1370. The van der Waals surface area contributed by atoms with E-state index in [0.29, 0.717) is 17.8 Å². The van der Waals surface area contributed by atoms with Gasteiger partial charge in [-0.2, -0.15) is 0 Å². The monoisotopic (exact) mass is 586 g/mol. The first-order chi connectivity index (χ1) is 19.3. The Labute approximate surface area is 260 Å². The fourth-order valence-electron chi connectivity index (χ4n) is 7.02. The molecular weight excluding hydrogens is 527 g/mol. The molecule has 0 spiro atoms. The molecule has 1 nitrogen and oxygen atoms in total. The number of hydrogen-bond donors (Lipinski definition) is 0. The van der Waals surface area contributed by atoms with Crippen LogP contribution in [0.1, 0.15) is 138 Å². The molecule has 42 heavy (non-hydrogen) atoms. The first-order valence-electron chi connectivity index (χ1n) is 16.0. The summed E-state index contributed by atoms with van der Waals surface area (Å²) in [4.78, 5) is 0. The molecule has 0 aromatic heterocycles. The van der Waals surface area contributed by atoms with E-state index in [9.17, 15) is 0 Å². The molecule has 0 aliphatic rings. The second-order valence-electron chi connectivity index (χ2n) is 15.2. The van der Waals surface area contributed by atoms with E-state index >= 15 is 0 Å². The van der Waals surface area contributed by atoms with Crippen LogP contribution in [0, 0.1) is 27.7 Å². The van der Waals surface area contributed by atoms with E-state index in [2.05, 4.69) is 134 Å². The fourth-order valence-corrected chi connectivity index (χ4v) is 11.4. The Hall–Kier alpha value is -2.11. The molecule has 0 fully saturated rings. The number of ether oxygens (including phenoxy) is 1. The van der Waals surface area contributed by atoms with E-state index in [1.165, 1.54) is 55.6 Å². The zero-order valence-corrected chi connectivity index (χ0v) is 30.7. The first-order valence-corrected chi connectivity index (χ1v) is 17.4. The van der Waals surface area contributed by atoms with Crippen molar-refractivity contribution >= 4 is 13.2 Å². The Kier molecular flexibility index (Phi) is 10.5. The van der Waals surface area contributed by atoms with Crippen LogP contribution < -0.4 is 10.0 Å². The van der Waals surface area contributed by atoms with Gasteiger partial charge in [0.05, 0.1) is 7.11 Å². The van der Waals surface area contributed by atoms with E-state index in [0.717, 1.165) is 12.2 Å². The minimum Gasteiger partial charge on any atom is -0.497 e. The molecule has 0 bridgehead atoms. The van der Waals surface area contributed by atoms with Crippen molar-refractivity contribution in [3.05, 3.63) is 80.9 Å². The van der Waals surface area contributed by atoms with Gasteiger partial charge in [-0.1, -0.05) is 108 Å². The molecule has 0 aliphatic heterocycles. The van der Waals surface area contributed by atoms with Crippen LogP contribution in [0.4, 0.5) is 0 Å². The van der Waals surface area contributed by atoms with Crippen molar-refractivity contribution in [3.63, 3.8) is 0 Å². The van der Waals surface area contributed by atoms with Gasteiger partial charge in [-0.3, -0.25) is 0 Å². The minimum atomic E-state index is -0.481. The van der Waals surface area contributed by atoms with E-state index in [4.69, 9.17) is 4.74 Å². The Morgan fingerprint density at radius 2 is 1.17 bits per heavy atom. The summed E-state index contributed by atoms with van der Waals surface area (Å²) in [6, 6.07) is 13.7. The van der Waals surface area contributed by atoms with Crippen molar-refractivity contribution in [1.29, 1.82) is 0 Å². The quantitative estimate of drug-likeness (QED) is 0.239. The van der Waals surface area contributed by atoms with Crippen molar-refractivity contribution in [2.45, 2.75) is 138 Å². The average molecular weight is 587 g/mol. The van der Waals surface area contributed by atoms with E-state index in [1.54, 1.807) is 12.4 Å². The lowest BCUT2D eigenvalue weighted by Gasteiger charge is -2.45. The second kappa shape index (κ2) is 12.9. The summed E-state index contributed by atoms with van der Waals surface area (Å²) in [5.74, 6) is 2.19. The standard InChI is InChI=1S/C40H59OP/c1-24(2)34-22-32(26(5)20-31-18-17-19-33(21-31)41-16)23-35(25(3)4)37(34)36-29(8)27(6)28(7)30(9)38(36)42(39(10,11)12)40(13,14)15/h17-19,21-26H,20H2,1-16H3. The lowest BCUT2D eigenvalue weighted by Crippen LogP contribution is -2.34. The third kappa shape index (κ3) is 6.99. The highest BCUT2D eigenvalue weighted by molar-refractivity contribution is 7.69. The Morgan fingerprint density at radius 3 is 1.62 bits per heavy atom. The van der Waals surface area contributed by atoms with Crippen molar-refractivity contribution in [2.24, 2.45) is 0 Å². The number of hydrogen-bond acceptors (Lipinski definition) is 1. The first kappa shape index (κ1) is 34.4. The molecule has 230 valence electrons. The fraction of sp³-hybridized carbons (Fsp3) is 0.550. The van der Waals surface area contributed by atoms with Gasteiger partial charge >= 0.3 is 0 Å². The molecule has 0 saturated heterocycles. The van der Waals surface area contributed by atoms with Gasteiger partial charge in [0.25, 0.3) is 0 Å². The molecule has 0 N–H and O–H groups in total. The van der Waals surface area contributed by atoms with Gasteiger partial charge in [-0.15, -0.1) is 0 Å². The number of rotatable bonds is 8.